The van der Waals surface area contributed by atoms with E-state index in [4.69, 9.17) is 5.11 Å². The Bertz CT molecular complexity index is 130. The normalized spacial score (nSPS) is 13.6. The molecule has 0 fully saturated rings. The number of hydrogen-bond donors (Lipinski definition) is 1. The monoisotopic (exact) mass is 140 g/mol. The summed E-state index contributed by atoms with van der Waals surface area (Å²) in [6.07, 6.45) is 6.01. The number of allylic oxidation sites excluding steroid dienone is 3. The van der Waals surface area contributed by atoms with Crippen molar-refractivity contribution in [2.75, 3.05) is 6.61 Å². The van der Waals surface area contributed by atoms with Crippen molar-refractivity contribution >= 4 is 0 Å². The van der Waals surface area contributed by atoms with Crippen LogP contribution in [0.3, 0.4) is 0 Å². The molecule has 0 aromatic heterocycles. The van der Waals surface area contributed by atoms with Gasteiger partial charge in [-0.2, -0.15) is 0 Å². The van der Waals surface area contributed by atoms with Crippen LogP contribution in [0.25, 0.3) is 0 Å². The third kappa shape index (κ3) is 5.57. The molecule has 0 aliphatic rings. The lowest BCUT2D eigenvalue weighted by atomic mass is 10.2. The zero-order chi connectivity index (χ0) is 7.98. The van der Waals surface area contributed by atoms with E-state index in [2.05, 4.69) is 0 Å². The van der Waals surface area contributed by atoms with Crippen LogP contribution in [-0.4, -0.2) is 11.7 Å². The van der Waals surface area contributed by atoms with Crippen LogP contribution in [0.1, 0.15) is 20.8 Å². The molecule has 0 aromatic rings. The van der Waals surface area contributed by atoms with Crippen LogP contribution in [0.15, 0.2) is 23.8 Å². The maximum absolute atomic E-state index is 8.63. The summed E-state index contributed by atoms with van der Waals surface area (Å²) in [5.41, 5.74) is 1.28. The van der Waals surface area contributed by atoms with E-state index in [9.17, 15) is 0 Å². The van der Waals surface area contributed by atoms with Crippen LogP contribution in [-0.2, 0) is 0 Å². The van der Waals surface area contributed by atoms with Gasteiger partial charge in [-0.15, -0.1) is 0 Å². The molecule has 0 saturated carbocycles. The van der Waals surface area contributed by atoms with Gasteiger partial charge in [0.25, 0.3) is 0 Å². The van der Waals surface area contributed by atoms with Gasteiger partial charge in [0.15, 0.2) is 0 Å². The Kier molecular flexibility index (Phi) is 4.95. The molecule has 0 heterocycles. The standard InChI is InChI=1S/C9H16O/c1-8(2)5-4-6-9(3)7-10/h4-6,9-10H,7H2,1-3H3. The van der Waals surface area contributed by atoms with Gasteiger partial charge in [-0.25, -0.2) is 0 Å². The van der Waals surface area contributed by atoms with Gasteiger partial charge < -0.3 is 5.11 Å². The molecule has 1 N–H and O–H groups in total. The molecule has 0 rings (SSSR count). The molecular weight excluding hydrogens is 124 g/mol. The summed E-state index contributed by atoms with van der Waals surface area (Å²) >= 11 is 0. The van der Waals surface area contributed by atoms with Crippen molar-refractivity contribution in [3.05, 3.63) is 23.8 Å². The largest absolute Gasteiger partial charge is 0.396 e. The van der Waals surface area contributed by atoms with E-state index >= 15 is 0 Å². The molecule has 0 amide bonds. The fourth-order valence-electron chi connectivity index (χ4n) is 0.499. The molecule has 1 atom stereocenters. The van der Waals surface area contributed by atoms with Gasteiger partial charge in [0, 0.05) is 6.61 Å². The lowest BCUT2D eigenvalue weighted by molar-refractivity contribution is 0.262. The highest BCUT2D eigenvalue weighted by molar-refractivity contribution is 5.08. The van der Waals surface area contributed by atoms with E-state index in [-0.39, 0.29) is 12.5 Å². The van der Waals surface area contributed by atoms with Gasteiger partial charge in [0.2, 0.25) is 0 Å². The second-order valence-corrected chi connectivity index (χ2v) is 2.79. The third-order valence-electron chi connectivity index (χ3n) is 1.16. The van der Waals surface area contributed by atoms with Crippen molar-refractivity contribution in [2.24, 2.45) is 5.92 Å². The molecular formula is C9H16O. The van der Waals surface area contributed by atoms with Crippen molar-refractivity contribution < 1.29 is 5.11 Å². The summed E-state index contributed by atoms with van der Waals surface area (Å²) in [5.74, 6) is 0.274. The van der Waals surface area contributed by atoms with Gasteiger partial charge in [-0.3, -0.25) is 0 Å². The number of aliphatic hydroxyl groups is 1. The maximum Gasteiger partial charge on any atom is 0.0491 e. The number of rotatable bonds is 3. The Hall–Kier alpha value is -0.560. The SMILES string of the molecule is CC(C)=CC=CC(C)CO. The first kappa shape index (κ1) is 9.44. The van der Waals surface area contributed by atoms with Crippen LogP contribution in [0, 0.1) is 5.92 Å². The second kappa shape index (κ2) is 5.24. The summed E-state index contributed by atoms with van der Waals surface area (Å²) < 4.78 is 0. The van der Waals surface area contributed by atoms with Crippen molar-refractivity contribution in [1.29, 1.82) is 0 Å². The first-order valence-electron chi connectivity index (χ1n) is 3.59. The van der Waals surface area contributed by atoms with Crippen LogP contribution >= 0.6 is 0 Å². The predicted octanol–water partition coefficient (Wildman–Crippen LogP) is 2.14. The Balaban J connectivity index is 3.66. The Morgan fingerprint density at radius 1 is 1.50 bits per heavy atom. The maximum atomic E-state index is 8.63. The highest BCUT2D eigenvalue weighted by Crippen LogP contribution is 1.96. The summed E-state index contributed by atoms with van der Waals surface area (Å²) in [6.45, 7) is 6.31. The average molecular weight is 140 g/mol. The molecule has 1 nitrogen and oxygen atoms in total. The first-order valence-corrected chi connectivity index (χ1v) is 3.59. The molecule has 0 saturated heterocycles. The highest BCUT2D eigenvalue weighted by Gasteiger charge is 1.88. The molecule has 58 valence electrons. The van der Waals surface area contributed by atoms with Crippen molar-refractivity contribution in [2.45, 2.75) is 20.8 Å². The van der Waals surface area contributed by atoms with E-state index in [1.54, 1.807) is 0 Å². The quantitative estimate of drug-likeness (QED) is 0.595. The third-order valence-corrected chi connectivity index (χ3v) is 1.16. The molecule has 0 radical (unpaired) electrons. The molecule has 10 heavy (non-hydrogen) atoms. The lowest BCUT2D eigenvalue weighted by Gasteiger charge is -1.96. The second-order valence-electron chi connectivity index (χ2n) is 2.79. The van der Waals surface area contributed by atoms with Gasteiger partial charge in [0.05, 0.1) is 0 Å². The number of aliphatic hydroxyl groups excluding tert-OH is 1. The summed E-state index contributed by atoms with van der Waals surface area (Å²) in [7, 11) is 0. The van der Waals surface area contributed by atoms with E-state index in [0.717, 1.165) is 0 Å². The minimum absolute atomic E-state index is 0.229. The minimum atomic E-state index is 0.229. The molecule has 1 heteroatoms. The van der Waals surface area contributed by atoms with E-state index in [1.807, 2.05) is 39.0 Å². The van der Waals surface area contributed by atoms with Gasteiger partial charge in [-0.05, 0) is 19.8 Å². The minimum Gasteiger partial charge on any atom is -0.396 e. The fourth-order valence-corrected chi connectivity index (χ4v) is 0.499. The first-order chi connectivity index (χ1) is 4.66. The van der Waals surface area contributed by atoms with Crippen molar-refractivity contribution in [1.82, 2.24) is 0 Å². The van der Waals surface area contributed by atoms with Gasteiger partial charge >= 0.3 is 0 Å². The topological polar surface area (TPSA) is 20.2 Å². The molecule has 0 spiro atoms. The molecule has 1 unspecified atom stereocenters. The van der Waals surface area contributed by atoms with Crippen LogP contribution in [0.2, 0.25) is 0 Å². The van der Waals surface area contributed by atoms with E-state index in [1.165, 1.54) is 5.57 Å². The van der Waals surface area contributed by atoms with Crippen LogP contribution < -0.4 is 0 Å². The molecule has 0 aromatic carbocycles. The number of hydrogen-bond acceptors (Lipinski definition) is 1. The smallest absolute Gasteiger partial charge is 0.0491 e. The lowest BCUT2D eigenvalue weighted by Crippen LogP contribution is -1.94. The Morgan fingerprint density at radius 3 is 2.50 bits per heavy atom. The van der Waals surface area contributed by atoms with Crippen LogP contribution in [0.4, 0.5) is 0 Å². The van der Waals surface area contributed by atoms with Crippen molar-refractivity contribution in [3.8, 4) is 0 Å². The van der Waals surface area contributed by atoms with E-state index < -0.39 is 0 Å². The highest BCUT2D eigenvalue weighted by atomic mass is 16.3. The zero-order valence-corrected chi connectivity index (χ0v) is 6.96. The van der Waals surface area contributed by atoms with Crippen molar-refractivity contribution in [3.63, 3.8) is 0 Å². The average Bonchev–Trinajstić information content (AvgIpc) is 1.87. The van der Waals surface area contributed by atoms with Gasteiger partial charge in [-0.1, -0.05) is 30.7 Å². The molecule has 0 aliphatic heterocycles. The fraction of sp³-hybridized carbons (Fsp3) is 0.556. The summed E-state index contributed by atoms with van der Waals surface area (Å²) in [4.78, 5) is 0. The van der Waals surface area contributed by atoms with E-state index in [0.29, 0.717) is 0 Å². The zero-order valence-electron chi connectivity index (χ0n) is 6.96. The Labute approximate surface area is 63.1 Å². The predicted molar refractivity (Wildman–Crippen MR) is 44.8 cm³/mol. The molecule has 0 aliphatic carbocycles. The Morgan fingerprint density at radius 2 is 2.10 bits per heavy atom. The summed E-state index contributed by atoms with van der Waals surface area (Å²) in [6, 6.07) is 0. The summed E-state index contributed by atoms with van der Waals surface area (Å²) in [5, 5.41) is 8.63. The molecule has 0 bridgehead atoms. The van der Waals surface area contributed by atoms with Gasteiger partial charge in [0.1, 0.15) is 0 Å². The van der Waals surface area contributed by atoms with Crippen LogP contribution in [0.5, 0.6) is 0 Å².